The number of benzene rings is 1. The molecule has 0 saturated heterocycles. The van der Waals surface area contributed by atoms with Crippen molar-refractivity contribution < 1.29 is 18.7 Å². The van der Waals surface area contributed by atoms with Crippen molar-refractivity contribution in [3.05, 3.63) is 46.9 Å². The van der Waals surface area contributed by atoms with Crippen LogP contribution in [0.5, 0.6) is 5.75 Å². The van der Waals surface area contributed by atoms with Gasteiger partial charge in [0.2, 0.25) is 0 Å². The van der Waals surface area contributed by atoms with Crippen molar-refractivity contribution in [2.75, 3.05) is 6.54 Å². The lowest BCUT2D eigenvalue weighted by atomic mass is 9.97. The van der Waals surface area contributed by atoms with Crippen LogP contribution in [0, 0.1) is 5.82 Å². The molecule has 0 saturated carbocycles. The number of amides is 1. The maximum absolute atomic E-state index is 13.1. The second-order valence-electron chi connectivity index (χ2n) is 6.78. The number of carbonyl (C=O) groups is 1. The zero-order valence-electron chi connectivity index (χ0n) is 13.4. The van der Waals surface area contributed by atoms with Gasteiger partial charge in [-0.1, -0.05) is 20.8 Å². The molecule has 122 valence electrons. The summed E-state index contributed by atoms with van der Waals surface area (Å²) in [5, 5.41) is 9.78. The van der Waals surface area contributed by atoms with Gasteiger partial charge in [-0.25, -0.2) is 9.37 Å². The number of aromatic nitrogens is 1. The maximum atomic E-state index is 13.1. The van der Waals surface area contributed by atoms with Crippen LogP contribution in [-0.2, 0) is 18.4 Å². The molecule has 1 aliphatic heterocycles. The monoisotopic (exact) mass is 318 g/mol. The molecule has 1 N–H and O–H groups in total. The molecular weight excluding hydrogens is 299 g/mol. The SMILES string of the molecule is CC(C)(C)c1nc2c(o1)CCN(C(=O)c1ccc(F)cc1O)C2. The Balaban J connectivity index is 1.84. The molecule has 0 spiro atoms. The van der Waals surface area contributed by atoms with Crippen LogP contribution >= 0.6 is 0 Å². The molecule has 1 aromatic heterocycles. The van der Waals surface area contributed by atoms with Crippen molar-refractivity contribution in [2.24, 2.45) is 0 Å². The van der Waals surface area contributed by atoms with E-state index in [4.69, 9.17) is 4.42 Å². The lowest BCUT2D eigenvalue weighted by Crippen LogP contribution is -2.35. The van der Waals surface area contributed by atoms with E-state index in [-0.39, 0.29) is 22.6 Å². The van der Waals surface area contributed by atoms with Crippen molar-refractivity contribution in [3.63, 3.8) is 0 Å². The van der Waals surface area contributed by atoms with Gasteiger partial charge in [-0.2, -0.15) is 0 Å². The van der Waals surface area contributed by atoms with Crippen LogP contribution in [0.1, 0.15) is 48.5 Å². The predicted octanol–water partition coefficient (Wildman–Crippen LogP) is 3.02. The van der Waals surface area contributed by atoms with Crippen LogP contribution in [0.25, 0.3) is 0 Å². The summed E-state index contributed by atoms with van der Waals surface area (Å²) < 4.78 is 18.9. The molecule has 5 nitrogen and oxygen atoms in total. The molecule has 3 rings (SSSR count). The minimum absolute atomic E-state index is 0.0920. The van der Waals surface area contributed by atoms with E-state index in [0.29, 0.717) is 25.4 Å². The van der Waals surface area contributed by atoms with Crippen LogP contribution in [0.4, 0.5) is 4.39 Å². The van der Waals surface area contributed by atoms with Gasteiger partial charge in [0.25, 0.3) is 5.91 Å². The Morgan fingerprint density at radius 2 is 2.13 bits per heavy atom. The molecule has 1 amide bonds. The number of nitrogens with zero attached hydrogens (tertiary/aromatic N) is 2. The second-order valence-corrected chi connectivity index (χ2v) is 6.78. The third kappa shape index (κ3) is 2.93. The van der Waals surface area contributed by atoms with E-state index in [1.54, 1.807) is 4.90 Å². The first-order valence-corrected chi connectivity index (χ1v) is 7.52. The Kier molecular flexibility index (Phi) is 3.62. The number of phenols is 1. The van der Waals surface area contributed by atoms with Crippen LogP contribution in [0.2, 0.25) is 0 Å². The topological polar surface area (TPSA) is 66.6 Å². The first kappa shape index (κ1) is 15.5. The molecule has 0 aliphatic carbocycles. The number of hydrogen-bond donors (Lipinski definition) is 1. The Morgan fingerprint density at radius 3 is 2.78 bits per heavy atom. The zero-order chi connectivity index (χ0) is 16.8. The number of aromatic hydroxyl groups is 1. The molecule has 0 unspecified atom stereocenters. The van der Waals surface area contributed by atoms with Gasteiger partial charge in [0.05, 0.1) is 12.1 Å². The molecule has 2 aromatic rings. The highest BCUT2D eigenvalue weighted by atomic mass is 19.1. The van der Waals surface area contributed by atoms with Crippen LogP contribution in [-0.4, -0.2) is 27.4 Å². The zero-order valence-corrected chi connectivity index (χ0v) is 13.4. The van der Waals surface area contributed by atoms with Gasteiger partial charge in [0, 0.05) is 24.4 Å². The highest BCUT2D eigenvalue weighted by Crippen LogP contribution is 2.29. The van der Waals surface area contributed by atoms with Gasteiger partial charge < -0.3 is 14.4 Å². The summed E-state index contributed by atoms with van der Waals surface area (Å²) in [5.74, 6) is 0.194. The number of fused-ring (bicyclic) bond motifs is 1. The Bertz CT molecular complexity index is 762. The summed E-state index contributed by atoms with van der Waals surface area (Å²) in [6.45, 7) is 6.85. The molecule has 2 heterocycles. The average Bonchev–Trinajstić information content (AvgIpc) is 2.89. The summed E-state index contributed by atoms with van der Waals surface area (Å²) in [6.07, 6.45) is 0.576. The molecular formula is C17H19FN2O3. The lowest BCUT2D eigenvalue weighted by Gasteiger charge is -2.25. The Hall–Kier alpha value is -2.37. The minimum Gasteiger partial charge on any atom is -0.507 e. The van der Waals surface area contributed by atoms with E-state index >= 15 is 0 Å². The van der Waals surface area contributed by atoms with Crippen LogP contribution in [0.15, 0.2) is 22.6 Å². The van der Waals surface area contributed by atoms with E-state index < -0.39 is 5.82 Å². The summed E-state index contributed by atoms with van der Waals surface area (Å²) in [6, 6.07) is 3.40. The molecule has 1 aliphatic rings. The summed E-state index contributed by atoms with van der Waals surface area (Å²) in [5.41, 5.74) is 0.645. The van der Waals surface area contributed by atoms with Gasteiger partial charge in [-0.05, 0) is 12.1 Å². The highest BCUT2D eigenvalue weighted by molar-refractivity contribution is 5.96. The molecule has 1 aromatic carbocycles. The lowest BCUT2D eigenvalue weighted by molar-refractivity contribution is 0.0724. The number of oxazole rings is 1. The molecule has 0 bridgehead atoms. The Labute approximate surface area is 133 Å². The predicted molar refractivity (Wildman–Crippen MR) is 81.7 cm³/mol. The summed E-state index contributed by atoms with van der Waals surface area (Å²) >= 11 is 0. The van der Waals surface area contributed by atoms with Crippen LogP contribution < -0.4 is 0 Å². The largest absolute Gasteiger partial charge is 0.507 e. The third-order valence-electron chi connectivity index (χ3n) is 3.85. The number of rotatable bonds is 1. The fraction of sp³-hybridized carbons (Fsp3) is 0.412. The molecule has 6 heteroatoms. The van der Waals surface area contributed by atoms with Crippen molar-refractivity contribution in [1.29, 1.82) is 0 Å². The Morgan fingerprint density at radius 1 is 1.39 bits per heavy atom. The highest BCUT2D eigenvalue weighted by Gasteiger charge is 2.30. The quantitative estimate of drug-likeness (QED) is 0.878. The smallest absolute Gasteiger partial charge is 0.257 e. The summed E-state index contributed by atoms with van der Waals surface area (Å²) in [4.78, 5) is 18.6. The van der Waals surface area contributed by atoms with Crippen LogP contribution in [0.3, 0.4) is 0 Å². The number of halogens is 1. The molecule has 0 radical (unpaired) electrons. The van der Waals surface area contributed by atoms with E-state index in [2.05, 4.69) is 4.98 Å². The van der Waals surface area contributed by atoms with Gasteiger partial charge >= 0.3 is 0 Å². The third-order valence-corrected chi connectivity index (χ3v) is 3.85. The van der Waals surface area contributed by atoms with Crippen molar-refractivity contribution in [3.8, 4) is 5.75 Å². The second kappa shape index (κ2) is 5.37. The number of hydrogen-bond acceptors (Lipinski definition) is 4. The van der Waals surface area contributed by atoms with E-state index in [1.807, 2.05) is 20.8 Å². The van der Waals surface area contributed by atoms with Gasteiger partial charge in [0.1, 0.15) is 23.0 Å². The van der Waals surface area contributed by atoms with Crippen molar-refractivity contribution in [1.82, 2.24) is 9.88 Å². The maximum Gasteiger partial charge on any atom is 0.257 e. The van der Waals surface area contributed by atoms with Gasteiger partial charge in [0.15, 0.2) is 5.89 Å². The minimum atomic E-state index is -0.577. The first-order valence-electron chi connectivity index (χ1n) is 7.52. The number of carbonyl (C=O) groups excluding carboxylic acids is 1. The van der Waals surface area contributed by atoms with Gasteiger partial charge in [-0.3, -0.25) is 4.79 Å². The molecule has 23 heavy (non-hydrogen) atoms. The van der Waals surface area contributed by atoms with E-state index in [9.17, 15) is 14.3 Å². The normalized spacial score (nSPS) is 14.7. The fourth-order valence-corrected chi connectivity index (χ4v) is 2.55. The molecule has 0 atom stereocenters. The fourth-order valence-electron chi connectivity index (χ4n) is 2.55. The van der Waals surface area contributed by atoms with Crippen molar-refractivity contribution in [2.45, 2.75) is 39.2 Å². The van der Waals surface area contributed by atoms with E-state index in [1.165, 1.54) is 6.07 Å². The standard InChI is InChI=1S/C17H19FN2O3/c1-17(2,3)16-19-12-9-20(7-6-14(12)23-16)15(22)11-5-4-10(18)8-13(11)21/h4-5,8,21H,6-7,9H2,1-3H3. The van der Waals surface area contributed by atoms with E-state index in [0.717, 1.165) is 23.6 Å². The van der Waals surface area contributed by atoms with Gasteiger partial charge in [-0.15, -0.1) is 0 Å². The first-order chi connectivity index (χ1) is 10.8. The van der Waals surface area contributed by atoms with Crippen molar-refractivity contribution >= 4 is 5.91 Å². The number of phenolic OH excluding ortho intramolecular Hbond substituents is 1. The molecule has 0 fully saturated rings. The average molecular weight is 318 g/mol. The summed E-state index contributed by atoms with van der Waals surface area (Å²) in [7, 11) is 0.